The summed E-state index contributed by atoms with van der Waals surface area (Å²) in [6, 6.07) is 6.02. The first kappa shape index (κ1) is 12.2. The smallest absolute Gasteiger partial charge is 0.178 e. The zero-order chi connectivity index (χ0) is 12.6. The molecule has 0 bridgehead atoms. The highest BCUT2D eigenvalue weighted by Gasteiger charge is 2.26. The third-order valence-electron chi connectivity index (χ3n) is 4.03. The molecule has 1 N–H and O–H groups in total. The van der Waals surface area contributed by atoms with Gasteiger partial charge in [-0.3, -0.25) is 0 Å². The second-order valence-corrected chi connectivity index (χ2v) is 7.51. The quantitative estimate of drug-likeness (QED) is 0.882. The number of benzene rings is 1. The van der Waals surface area contributed by atoms with E-state index >= 15 is 0 Å². The van der Waals surface area contributed by atoms with Crippen LogP contribution in [0.2, 0.25) is 0 Å². The van der Waals surface area contributed by atoms with Gasteiger partial charge >= 0.3 is 0 Å². The number of sulfone groups is 1. The zero-order valence-electron chi connectivity index (χ0n) is 10.5. The van der Waals surface area contributed by atoms with Crippen molar-refractivity contribution in [2.24, 2.45) is 5.92 Å². The van der Waals surface area contributed by atoms with Gasteiger partial charge in [-0.1, -0.05) is 12.1 Å². The van der Waals surface area contributed by atoms with Crippen molar-refractivity contribution in [2.45, 2.75) is 30.6 Å². The lowest BCUT2D eigenvalue weighted by molar-refractivity contribution is 0.376. The Morgan fingerprint density at radius 3 is 3.00 bits per heavy atom. The molecular formula is C14H19NO2S. The number of piperidine rings is 1. The summed E-state index contributed by atoms with van der Waals surface area (Å²) >= 11 is 0. The Morgan fingerprint density at radius 2 is 2.22 bits per heavy atom. The fraction of sp³-hybridized carbons (Fsp3) is 0.571. The number of aryl methyl sites for hydroxylation is 1. The minimum atomic E-state index is -2.98. The predicted octanol–water partition coefficient (Wildman–Crippen LogP) is 1.56. The van der Waals surface area contributed by atoms with Gasteiger partial charge in [-0.05, 0) is 61.9 Å². The van der Waals surface area contributed by atoms with E-state index in [1.807, 2.05) is 12.1 Å². The molecule has 2 aliphatic rings. The van der Waals surface area contributed by atoms with Gasteiger partial charge < -0.3 is 5.32 Å². The average Bonchev–Trinajstić information content (AvgIpc) is 2.67. The molecule has 2 heterocycles. The van der Waals surface area contributed by atoms with Gasteiger partial charge in [0.25, 0.3) is 0 Å². The van der Waals surface area contributed by atoms with Crippen LogP contribution in [0.3, 0.4) is 0 Å². The van der Waals surface area contributed by atoms with Crippen molar-refractivity contribution in [3.8, 4) is 0 Å². The lowest BCUT2D eigenvalue weighted by atomic mass is 9.92. The molecule has 4 heteroatoms. The highest BCUT2D eigenvalue weighted by molar-refractivity contribution is 7.91. The first-order valence-electron chi connectivity index (χ1n) is 6.70. The molecule has 1 unspecified atom stereocenters. The van der Waals surface area contributed by atoms with Gasteiger partial charge in [0.1, 0.15) is 0 Å². The molecule has 0 aromatic heterocycles. The Balaban J connectivity index is 1.82. The van der Waals surface area contributed by atoms with Crippen LogP contribution in [0, 0.1) is 5.92 Å². The predicted molar refractivity (Wildman–Crippen MR) is 71.5 cm³/mol. The summed E-state index contributed by atoms with van der Waals surface area (Å²) in [5.74, 6) is 0.942. The maximum absolute atomic E-state index is 11.9. The van der Waals surface area contributed by atoms with Crippen molar-refractivity contribution in [2.75, 3.05) is 18.8 Å². The van der Waals surface area contributed by atoms with Crippen LogP contribution >= 0.6 is 0 Å². The molecule has 1 atom stereocenters. The summed E-state index contributed by atoms with van der Waals surface area (Å²) in [5, 5.41) is 3.41. The van der Waals surface area contributed by atoms with E-state index in [1.165, 1.54) is 18.4 Å². The number of hydrogen-bond acceptors (Lipinski definition) is 3. The zero-order valence-corrected chi connectivity index (χ0v) is 11.3. The second-order valence-electron chi connectivity index (χ2n) is 5.43. The fourth-order valence-electron chi connectivity index (χ4n) is 3.01. The van der Waals surface area contributed by atoms with E-state index < -0.39 is 9.84 Å². The van der Waals surface area contributed by atoms with Gasteiger partial charge in [0.15, 0.2) is 9.84 Å². The van der Waals surface area contributed by atoms with E-state index in [1.54, 1.807) is 0 Å². The molecule has 98 valence electrons. The molecule has 3 nitrogen and oxygen atoms in total. The Kier molecular flexibility index (Phi) is 3.16. The molecule has 1 aromatic carbocycles. The van der Waals surface area contributed by atoms with Crippen LogP contribution in [-0.2, 0) is 22.7 Å². The standard InChI is InChI=1S/C14H19NO2S/c16-18(17)7-5-13-4-3-11(9-14(13)18)8-12-2-1-6-15-10-12/h3-4,9,12,15H,1-2,5-8,10H2. The van der Waals surface area contributed by atoms with Gasteiger partial charge in [-0.15, -0.1) is 0 Å². The molecule has 0 aliphatic carbocycles. The van der Waals surface area contributed by atoms with E-state index in [4.69, 9.17) is 0 Å². The summed E-state index contributed by atoms with van der Waals surface area (Å²) in [6.07, 6.45) is 4.16. The molecular weight excluding hydrogens is 246 g/mol. The Hall–Kier alpha value is -0.870. The second kappa shape index (κ2) is 4.67. The van der Waals surface area contributed by atoms with Crippen molar-refractivity contribution in [3.63, 3.8) is 0 Å². The largest absolute Gasteiger partial charge is 0.316 e. The number of rotatable bonds is 2. The van der Waals surface area contributed by atoms with Gasteiger partial charge in [-0.25, -0.2) is 8.42 Å². The van der Waals surface area contributed by atoms with Crippen molar-refractivity contribution >= 4 is 9.84 Å². The van der Waals surface area contributed by atoms with Crippen molar-refractivity contribution < 1.29 is 8.42 Å². The van der Waals surface area contributed by atoms with Crippen molar-refractivity contribution in [3.05, 3.63) is 29.3 Å². The van der Waals surface area contributed by atoms with Gasteiger partial charge in [0.2, 0.25) is 0 Å². The Morgan fingerprint density at radius 1 is 1.33 bits per heavy atom. The molecule has 3 rings (SSSR count). The summed E-state index contributed by atoms with van der Waals surface area (Å²) in [5.41, 5.74) is 2.17. The lowest BCUT2D eigenvalue weighted by Crippen LogP contribution is -2.30. The first-order chi connectivity index (χ1) is 8.65. The molecule has 0 amide bonds. The summed E-state index contributed by atoms with van der Waals surface area (Å²) in [4.78, 5) is 0.587. The van der Waals surface area contributed by atoms with E-state index in [0.29, 0.717) is 17.2 Å². The van der Waals surface area contributed by atoms with Crippen LogP contribution in [0.4, 0.5) is 0 Å². The maximum Gasteiger partial charge on any atom is 0.178 e. The van der Waals surface area contributed by atoms with Crippen LogP contribution in [0.25, 0.3) is 0 Å². The average molecular weight is 265 g/mol. The highest BCUT2D eigenvalue weighted by atomic mass is 32.2. The molecule has 18 heavy (non-hydrogen) atoms. The van der Waals surface area contributed by atoms with Gasteiger partial charge in [0.05, 0.1) is 10.6 Å². The van der Waals surface area contributed by atoms with E-state index in [-0.39, 0.29) is 5.75 Å². The molecule has 0 spiro atoms. The topological polar surface area (TPSA) is 46.2 Å². The van der Waals surface area contributed by atoms with E-state index in [2.05, 4.69) is 11.4 Å². The van der Waals surface area contributed by atoms with E-state index in [0.717, 1.165) is 25.1 Å². The number of hydrogen-bond donors (Lipinski definition) is 1. The molecule has 1 saturated heterocycles. The summed E-state index contributed by atoms with van der Waals surface area (Å²) < 4.78 is 23.8. The third kappa shape index (κ3) is 2.31. The monoisotopic (exact) mass is 265 g/mol. The van der Waals surface area contributed by atoms with Gasteiger partial charge in [0, 0.05) is 0 Å². The molecule has 0 saturated carbocycles. The summed E-state index contributed by atoms with van der Waals surface area (Å²) in [7, 11) is -2.98. The fourth-order valence-corrected chi connectivity index (χ4v) is 4.62. The highest BCUT2D eigenvalue weighted by Crippen LogP contribution is 2.28. The van der Waals surface area contributed by atoms with Crippen LogP contribution in [-0.4, -0.2) is 27.3 Å². The van der Waals surface area contributed by atoms with Crippen molar-refractivity contribution in [1.29, 1.82) is 0 Å². The number of fused-ring (bicyclic) bond motifs is 1. The van der Waals surface area contributed by atoms with Crippen LogP contribution in [0.15, 0.2) is 23.1 Å². The molecule has 0 radical (unpaired) electrons. The Labute approximate surface area is 109 Å². The minimum absolute atomic E-state index is 0.288. The Bertz CT molecular complexity index is 545. The number of nitrogens with one attached hydrogen (secondary N) is 1. The molecule has 1 fully saturated rings. The van der Waals surface area contributed by atoms with Crippen molar-refractivity contribution in [1.82, 2.24) is 5.32 Å². The first-order valence-corrected chi connectivity index (χ1v) is 8.36. The van der Waals surface area contributed by atoms with Gasteiger partial charge in [-0.2, -0.15) is 0 Å². The summed E-state index contributed by atoms with van der Waals surface area (Å²) in [6.45, 7) is 2.18. The van der Waals surface area contributed by atoms with E-state index in [9.17, 15) is 8.42 Å². The third-order valence-corrected chi connectivity index (χ3v) is 5.82. The van der Waals surface area contributed by atoms with Crippen LogP contribution in [0.5, 0.6) is 0 Å². The molecule has 1 aromatic rings. The van der Waals surface area contributed by atoms with Crippen LogP contribution in [0.1, 0.15) is 24.0 Å². The normalized spacial score (nSPS) is 25.9. The molecule has 2 aliphatic heterocycles. The van der Waals surface area contributed by atoms with Crippen LogP contribution < -0.4 is 5.32 Å². The SMILES string of the molecule is O=S1(=O)CCc2ccc(CC3CCCNC3)cc21. The maximum atomic E-state index is 11.9. The minimum Gasteiger partial charge on any atom is -0.316 e. The lowest BCUT2D eigenvalue weighted by Gasteiger charge is -2.22.